The van der Waals surface area contributed by atoms with Gasteiger partial charge in [-0.25, -0.2) is 9.59 Å². The number of aromatic carboxylic acids is 1. The van der Waals surface area contributed by atoms with Crippen molar-refractivity contribution in [2.45, 2.75) is 44.3 Å². The van der Waals surface area contributed by atoms with Gasteiger partial charge in [-0.15, -0.1) is 0 Å². The van der Waals surface area contributed by atoms with E-state index >= 15 is 0 Å². The quantitative estimate of drug-likeness (QED) is 0.454. The molecule has 0 unspecified atom stereocenters. The number of halogens is 4. The first-order valence-electron chi connectivity index (χ1n) is 12.2. The van der Waals surface area contributed by atoms with E-state index in [0.29, 0.717) is 28.0 Å². The van der Waals surface area contributed by atoms with Crippen molar-refractivity contribution in [3.05, 3.63) is 58.6 Å². The second kappa shape index (κ2) is 13.0. The van der Waals surface area contributed by atoms with Gasteiger partial charge in [-0.05, 0) is 81.2 Å². The standard InChI is InChI=1S/C24H28ClN3O3.C2HF3O2/c25-18-6-4-17(5-7-18)23(29)26-19-8-9-22(21(16-19)24(30)31)28-14-10-20(11-15-28)27-12-2-1-3-13-27;3-2(4,5)1(6)7/h4-9,16,20H,1-3,10-15H2,(H,26,29)(H,30,31);(H,6,7). The number of carboxylic acids is 2. The number of carbonyl (C=O) groups is 3. The molecule has 0 bridgehead atoms. The number of aliphatic carboxylic acids is 1. The van der Waals surface area contributed by atoms with Gasteiger partial charge in [0.15, 0.2) is 0 Å². The smallest absolute Gasteiger partial charge is 0.478 e. The molecule has 0 aliphatic carbocycles. The third kappa shape index (κ3) is 8.09. The van der Waals surface area contributed by atoms with Crippen LogP contribution < -0.4 is 10.2 Å². The molecule has 2 aliphatic rings. The van der Waals surface area contributed by atoms with E-state index in [9.17, 15) is 27.9 Å². The van der Waals surface area contributed by atoms with Gasteiger partial charge in [0.05, 0.1) is 11.3 Å². The summed E-state index contributed by atoms with van der Waals surface area (Å²) in [4.78, 5) is 38.1. The Balaban J connectivity index is 0.000000505. The molecule has 2 fully saturated rings. The van der Waals surface area contributed by atoms with Gasteiger partial charge < -0.3 is 25.3 Å². The number of hydrogen-bond acceptors (Lipinski definition) is 5. The van der Waals surface area contributed by atoms with Gasteiger partial charge in [0.1, 0.15) is 0 Å². The van der Waals surface area contributed by atoms with Crippen LogP contribution in [0.25, 0.3) is 0 Å². The zero-order chi connectivity index (χ0) is 27.9. The Kier molecular flexibility index (Phi) is 9.98. The monoisotopic (exact) mass is 555 g/mol. The van der Waals surface area contributed by atoms with E-state index in [2.05, 4.69) is 15.1 Å². The molecule has 38 heavy (non-hydrogen) atoms. The first-order valence-corrected chi connectivity index (χ1v) is 12.6. The fourth-order valence-electron chi connectivity index (χ4n) is 4.62. The van der Waals surface area contributed by atoms with Crippen LogP contribution in [0.1, 0.15) is 52.8 Å². The molecule has 2 aromatic carbocycles. The lowest BCUT2D eigenvalue weighted by atomic mass is 9.98. The summed E-state index contributed by atoms with van der Waals surface area (Å²) in [5.41, 5.74) is 1.86. The molecule has 2 aromatic rings. The maximum atomic E-state index is 12.5. The average molecular weight is 556 g/mol. The van der Waals surface area contributed by atoms with E-state index in [1.807, 2.05) is 6.07 Å². The highest BCUT2D eigenvalue weighted by molar-refractivity contribution is 6.30. The fraction of sp³-hybridized carbons (Fsp3) is 0.423. The minimum Gasteiger partial charge on any atom is -0.478 e. The number of nitrogens with one attached hydrogen (secondary N) is 1. The largest absolute Gasteiger partial charge is 0.490 e. The SMILES string of the molecule is O=C(Nc1ccc(N2CCC(N3CCCCC3)CC2)c(C(=O)O)c1)c1ccc(Cl)cc1.O=C(O)C(F)(F)F. The number of alkyl halides is 3. The van der Waals surface area contributed by atoms with Crippen LogP contribution in [0.2, 0.25) is 5.02 Å². The highest BCUT2D eigenvalue weighted by Crippen LogP contribution is 2.29. The second-order valence-electron chi connectivity index (χ2n) is 9.12. The summed E-state index contributed by atoms with van der Waals surface area (Å²) in [6, 6.07) is 12.3. The number of piperidine rings is 2. The molecular weight excluding hydrogens is 527 g/mol. The Labute approximate surface area is 223 Å². The maximum Gasteiger partial charge on any atom is 0.490 e. The van der Waals surface area contributed by atoms with Crippen LogP contribution in [-0.4, -0.2) is 71.4 Å². The predicted molar refractivity (Wildman–Crippen MR) is 137 cm³/mol. The van der Waals surface area contributed by atoms with Crippen molar-refractivity contribution in [3.8, 4) is 0 Å². The van der Waals surface area contributed by atoms with Gasteiger partial charge in [-0.1, -0.05) is 18.0 Å². The van der Waals surface area contributed by atoms with Gasteiger partial charge in [0.2, 0.25) is 0 Å². The summed E-state index contributed by atoms with van der Waals surface area (Å²) in [6.07, 6.45) is 0.916. The maximum absolute atomic E-state index is 12.5. The van der Waals surface area contributed by atoms with Gasteiger partial charge in [-0.3, -0.25) is 4.79 Å². The Morgan fingerprint density at radius 2 is 1.47 bits per heavy atom. The Morgan fingerprint density at radius 1 is 0.895 bits per heavy atom. The first kappa shape index (κ1) is 29.2. The number of benzene rings is 2. The highest BCUT2D eigenvalue weighted by atomic mass is 35.5. The average Bonchev–Trinajstić information content (AvgIpc) is 2.89. The Bertz CT molecular complexity index is 1130. The fourth-order valence-corrected chi connectivity index (χ4v) is 4.75. The summed E-state index contributed by atoms with van der Waals surface area (Å²) >= 11 is 5.87. The van der Waals surface area contributed by atoms with Gasteiger partial charge in [-0.2, -0.15) is 13.2 Å². The molecule has 0 atom stereocenters. The van der Waals surface area contributed by atoms with Crippen LogP contribution in [0.3, 0.4) is 0 Å². The summed E-state index contributed by atoms with van der Waals surface area (Å²) in [5, 5.41) is 20.3. The van der Waals surface area contributed by atoms with Crippen molar-refractivity contribution >= 4 is 40.8 Å². The van der Waals surface area contributed by atoms with E-state index in [0.717, 1.165) is 25.9 Å². The minimum absolute atomic E-state index is 0.213. The van der Waals surface area contributed by atoms with E-state index in [1.165, 1.54) is 32.4 Å². The van der Waals surface area contributed by atoms with Crippen LogP contribution in [0, 0.1) is 0 Å². The summed E-state index contributed by atoms with van der Waals surface area (Å²) in [7, 11) is 0. The molecule has 1 amide bonds. The lowest BCUT2D eigenvalue weighted by Crippen LogP contribution is -2.47. The molecule has 2 aliphatic heterocycles. The second-order valence-corrected chi connectivity index (χ2v) is 9.55. The Morgan fingerprint density at radius 3 is 2.00 bits per heavy atom. The van der Waals surface area contributed by atoms with Crippen molar-refractivity contribution in [2.24, 2.45) is 0 Å². The zero-order valence-electron chi connectivity index (χ0n) is 20.5. The van der Waals surface area contributed by atoms with Crippen LogP contribution in [-0.2, 0) is 4.79 Å². The molecule has 12 heteroatoms. The van der Waals surface area contributed by atoms with E-state index in [4.69, 9.17) is 21.5 Å². The number of nitrogens with zero attached hydrogens (tertiary/aromatic N) is 2. The van der Waals surface area contributed by atoms with Gasteiger partial charge in [0, 0.05) is 35.4 Å². The molecule has 206 valence electrons. The zero-order valence-corrected chi connectivity index (χ0v) is 21.3. The molecule has 8 nitrogen and oxygen atoms in total. The molecule has 3 N–H and O–H groups in total. The molecule has 0 saturated carbocycles. The number of rotatable bonds is 5. The van der Waals surface area contributed by atoms with Crippen LogP contribution in [0.5, 0.6) is 0 Å². The number of anilines is 2. The molecule has 2 saturated heterocycles. The number of amides is 1. The normalized spacial score (nSPS) is 16.8. The summed E-state index contributed by atoms with van der Waals surface area (Å²) < 4.78 is 31.7. The first-order chi connectivity index (χ1) is 18.0. The lowest BCUT2D eigenvalue weighted by molar-refractivity contribution is -0.192. The molecule has 2 heterocycles. The van der Waals surface area contributed by atoms with Crippen molar-refractivity contribution < 1.29 is 37.8 Å². The summed E-state index contributed by atoms with van der Waals surface area (Å²) in [6.45, 7) is 4.07. The van der Waals surface area contributed by atoms with Gasteiger partial charge in [0.25, 0.3) is 5.91 Å². The van der Waals surface area contributed by atoms with Gasteiger partial charge >= 0.3 is 18.1 Å². The molecule has 4 rings (SSSR count). The number of carbonyl (C=O) groups excluding carboxylic acids is 1. The number of carboxylic acid groups (broad SMARTS) is 2. The molecule has 0 radical (unpaired) electrons. The van der Waals surface area contributed by atoms with Crippen molar-refractivity contribution in [1.29, 1.82) is 0 Å². The van der Waals surface area contributed by atoms with Crippen LogP contribution in [0.4, 0.5) is 24.5 Å². The van der Waals surface area contributed by atoms with Crippen molar-refractivity contribution in [2.75, 3.05) is 36.4 Å². The van der Waals surface area contributed by atoms with Crippen LogP contribution in [0.15, 0.2) is 42.5 Å². The van der Waals surface area contributed by atoms with Crippen molar-refractivity contribution in [3.63, 3.8) is 0 Å². The van der Waals surface area contributed by atoms with E-state index in [1.54, 1.807) is 36.4 Å². The van der Waals surface area contributed by atoms with Crippen molar-refractivity contribution in [1.82, 2.24) is 4.90 Å². The van der Waals surface area contributed by atoms with Crippen LogP contribution >= 0.6 is 11.6 Å². The Hall–Kier alpha value is -3.31. The topological polar surface area (TPSA) is 110 Å². The third-order valence-corrected chi connectivity index (χ3v) is 6.80. The predicted octanol–water partition coefficient (Wildman–Crippen LogP) is 5.38. The molecule has 0 aromatic heterocycles. The highest BCUT2D eigenvalue weighted by Gasteiger charge is 2.38. The number of likely N-dealkylation sites (tertiary alicyclic amines) is 1. The lowest BCUT2D eigenvalue weighted by Gasteiger charge is -2.41. The van der Waals surface area contributed by atoms with E-state index < -0.39 is 18.1 Å². The summed E-state index contributed by atoms with van der Waals surface area (Å²) in [5.74, 6) is -4.05. The minimum atomic E-state index is -5.08. The third-order valence-electron chi connectivity index (χ3n) is 6.55. The molecule has 0 spiro atoms. The molecular formula is C26H29ClF3N3O5. The van der Waals surface area contributed by atoms with E-state index in [-0.39, 0.29) is 11.5 Å². The number of hydrogen-bond donors (Lipinski definition) is 3.